The fourth-order valence-corrected chi connectivity index (χ4v) is 4.87. The van der Waals surface area contributed by atoms with Crippen LogP contribution >= 0.6 is 0 Å². The molecule has 0 saturated carbocycles. The van der Waals surface area contributed by atoms with Crippen molar-refractivity contribution in [2.24, 2.45) is 0 Å². The average Bonchev–Trinajstić information content (AvgIpc) is 2.78. The van der Waals surface area contributed by atoms with Gasteiger partial charge in [0.1, 0.15) is 17.2 Å². The van der Waals surface area contributed by atoms with Crippen LogP contribution in [0.1, 0.15) is 16.7 Å². The highest BCUT2D eigenvalue weighted by Gasteiger charge is 2.31. The van der Waals surface area contributed by atoms with Gasteiger partial charge in [0.25, 0.3) is 10.0 Å². The number of ether oxygens (including phenoxy) is 1. The molecule has 0 spiro atoms. The van der Waals surface area contributed by atoms with Gasteiger partial charge in [0.2, 0.25) is 5.91 Å². The topological polar surface area (TPSA) is 75.7 Å². The summed E-state index contributed by atoms with van der Waals surface area (Å²) in [6.45, 7) is 2.96. The highest BCUT2D eigenvalue weighted by atomic mass is 32.2. The third-order valence-electron chi connectivity index (χ3n) is 4.99. The first kappa shape index (κ1) is 25.1. The van der Waals surface area contributed by atoms with Crippen LogP contribution in [0.4, 0.5) is 24.5 Å². The number of halogens is 3. The first-order chi connectivity index (χ1) is 15.9. The zero-order valence-corrected chi connectivity index (χ0v) is 19.5. The number of anilines is 2. The molecule has 3 aromatic carbocycles. The van der Waals surface area contributed by atoms with E-state index in [1.807, 2.05) is 6.92 Å². The van der Waals surface area contributed by atoms with Crippen LogP contribution in [0.15, 0.2) is 71.6 Å². The SMILES string of the molecule is COc1ccc(C)cc1S(=O)(=O)N(CC(=O)Nc1ccc(C(F)(F)F)cc1)c1ccc(C)cc1. The molecule has 0 atom stereocenters. The number of carbonyl (C=O) groups excluding carboxylic acids is 1. The molecule has 0 bridgehead atoms. The second-order valence-electron chi connectivity index (χ2n) is 7.62. The van der Waals surface area contributed by atoms with Crippen molar-refractivity contribution in [3.8, 4) is 5.75 Å². The normalized spacial score (nSPS) is 11.7. The molecule has 34 heavy (non-hydrogen) atoms. The second kappa shape index (κ2) is 9.76. The van der Waals surface area contributed by atoms with E-state index in [1.165, 1.54) is 19.2 Å². The predicted octanol–water partition coefficient (Wildman–Crippen LogP) is 5.16. The van der Waals surface area contributed by atoms with E-state index in [4.69, 9.17) is 4.74 Å². The van der Waals surface area contributed by atoms with E-state index in [1.54, 1.807) is 37.3 Å². The lowest BCUT2D eigenvalue weighted by Crippen LogP contribution is -2.38. The molecular formula is C24H23F3N2O4S. The van der Waals surface area contributed by atoms with Crippen LogP contribution in [0.2, 0.25) is 0 Å². The molecule has 0 unspecified atom stereocenters. The standard InChI is InChI=1S/C24H23F3N2O4S/c1-16-4-11-20(12-5-16)29(34(31,32)22-14-17(2)6-13-21(22)33-3)15-23(30)28-19-9-7-18(8-10-19)24(25,26)27/h4-14H,15H2,1-3H3,(H,28,30). The second-order valence-corrected chi connectivity index (χ2v) is 9.46. The summed E-state index contributed by atoms with van der Waals surface area (Å²) in [6.07, 6.45) is -4.51. The maximum atomic E-state index is 13.6. The molecule has 0 aromatic heterocycles. The number of hydrogen-bond acceptors (Lipinski definition) is 4. The minimum Gasteiger partial charge on any atom is -0.495 e. The summed E-state index contributed by atoms with van der Waals surface area (Å²) >= 11 is 0. The summed E-state index contributed by atoms with van der Waals surface area (Å²) in [4.78, 5) is 12.7. The van der Waals surface area contributed by atoms with Gasteiger partial charge in [-0.3, -0.25) is 9.10 Å². The molecular weight excluding hydrogens is 469 g/mol. The van der Waals surface area contributed by atoms with Crippen LogP contribution in [-0.2, 0) is 21.0 Å². The number of nitrogens with one attached hydrogen (secondary N) is 1. The molecule has 180 valence electrons. The Morgan fingerprint density at radius 3 is 2.09 bits per heavy atom. The summed E-state index contributed by atoms with van der Waals surface area (Å²) in [5.41, 5.74) is 1.06. The Kier molecular flexibility index (Phi) is 7.21. The van der Waals surface area contributed by atoms with Crippen molar-refractivity contribution in [3.63, 3.8) is 0 Å². The van der Waals surface area contributed by atoms with E-state index in [-0.39, 0.29) is 22.0 Å². The summed E-state index contributed by atoms with van der Waals surface area (Å²) in [7, 11) is -2.90. The number of rotatable bonds is 7. The number of amides is 1. The molecule has 1 N–H and O–H groups in total. The predicted molar refractivity (Wildman–Crippen MR) is 124 cm³/mol. The lowest BCUT2D eigenvalue weighted by molar-refractivity contribution is -0.137. The number of nitrogens with zero attached hydrogens (tertiary/aromatic N) is 1. The van der Waals surface area contributed by atoms with Crippen LogP contribution in [0.3, 0.4) is 0 Å². The zero-order chi connectivity index (χ0) is 25.1. The molecule has 0 heterocycles. The maximum Gasteiger partial charge on any atom is 0.416 e. The third kappa shape index (κ3) is 5.69. The van der Waals surface area contributed by atoms with Crippen LogP contribution < -0.4 is 14.4 Å². The quantitative estimate of drug-likeness (QED) is 0.494. The number of methoxy groups -OCH3 is 1. The third-order valence-corrected chi connectivity index (χ3v) is 6.79. The Bertz CT molecular complexity index is 1270. The van der Waals surface area contributed by atoms with Crippen LogP contribution in [0.5, 0.6) is 5.75 Å². The van der Waals surface area contributed by atoms with Crippen molar-refractivity contribution in [2.75, 3.05) is 23.3 Å². The van der Waals surface area contributed by atoms with Crippen LogP contribution in [0, 0.1) is 13.8 Å². The monoisotopic (exact) mass is 492 g/mol. The maximum absolute atomic E-state index is 13.6. The number of alkyl halides is 3. The molecule has 0 aliphatic rings. The molecule has 0 radical (unpaired) electrons. The molecule has 3 aromatic rings. The minimum absolute atomic E-state index is 0.104. The van der Waals surface area contributed by atoms with Crippen molar-refractivity contribution in [3.05, 3.63) is 83.4 Å². The van der Waals surface area contributed by atoms with Gasteiger partial charge in [0.05, 0.1) is 18.4 Å². The van der Waals surface area contributed by atoms with Crippen molar-refractivity contribution < 1.29 is 31.1 Å². The average molecular weight is 493 g/mol. The molecule has 0 fully saturated rings. The van der Waals surface area contributed by atoms with Gasteiger partial charge >= 0.3 is 6.18 Å². The Morgan fingerprint density at radius 1 is 0.941 bits per heavy atom. The lowest BCUT2D eigenvalue weighted by atomic mass is 10.2. The van der Waals surface area contributed by atoms with Gasteiger partial charge in [-0.1, -0.05) is 23.8 Å². The van der Waals surface area contributed by atoms with Gasteiger partial charge in [0, 0.05) is 5.69 Å². The van der Waals surface area contributed by atoms with Gasteiger partial charge in [-0.05, 0) is 67.9 Å². The fraction of sp³-hybridized carbons (Fsp3) is 0.208. The summed E-state index contributed by atoms with van der Waals surface area (Å²) in [5, 5.41) is 2.45. The molecule has 6 nitrogen and oxygen atoms in total. The first-order valence-electron chi connectivity index (χ1n) is 10.1. The molecule has 10 heteroatoms. The highest BCUT2D eigenvalue weighted by molar-refractivity contribution is 7.93. The van der Waals surface area contributed by atoms with E-state index in [0.717, 1.165) is 34.1 Å². The van der Waals surface area contributed by atoms with Gasteiger partial charge in [-0.25, -0.2) is 8.42 Å². The highest BCUT2D eigenvalue weighted by Crippen LogP contribution is 2.32. The Hall–Kier alpha value is -3.53. The van der Waals surface area contributed by atoms with E-state index >= 15 is 0 Å². The van der Waals surface area contributed by atoms with Crippen molar-refractivity contribution in [1.29, 1.82) is 0 Å². The van der Waals surface area contributed by atoms with Crippen LogP contribution in [0.25, 0.3) is 0 Å². The van der Waals surface area contributed by atoms with Gasteiger partial charge in [-0.15, -0.1) is 0 Å². The molecule has 0 aliphatic heterocycles. The Balaban J connectivity index is 1.95. The number of hydrogen-bond donors (Lipinski definition) is 1. The number of carbonyl (C=O) groups is 1. The van der Waals surface area contributed by atoms with Crippen molar-refractivity contribution in [1.82, 2.24) is 0 Å². The van der Waals surface area contributed by atoms with Crippen molar-refractivity contribution in [2.45, 2.75) is 24.9 Å². The summed E-state index contributed by atoms with van der Waals surface area (Å²) in [5.74, 6) is -0.610. The summed E-state index contributed by atoms with van der Waals surface area (Å²) in [6, 6.07) is 15.1. The van der Waals surface area contributed by atoms with E-state index in [2.05, 4.69) is 5.32 Å². The van der Waals surface area contributed by atoms with Gasteiger partial charge in [0.15, 0.2) is 0 Å². The fourth-order valence-electron chi connectivity index (χ4n) is 3.20. The van der Waals surface area contributed by atoms with Crippen LogP contribution in [-0.4, -0.2) is 28.0 Å². The molecule has 1 amide bonds. The zero-order valence-electron chi connectivity index (χ0n) is 18.7. The molecule has 0 saturated heterocycles. The molecule has 3 rings (SSSR count). The number of aryl methyl sites for hydroxylation is 2. The van der Waals surface area contributed by atoms with Crippen molar-refractivity contribution >= 4 is 27.3 Å². The largest absolute Gasteiger partial charge is 0.495 e. The first-order valence-corrected chi connectivity index (χ1v) is 11.6. The smallest absolute Gasteiger partial charge is 0.416 e. The summed E-state index contributed by atoms with van der Waals surface area (Å²) < 4.78 is 71.8. The van der Waals surface area contributed by atoms with E-state index in [0.29, 0.717) is 5.56 Å². The lowest BCUT2D eigenvalue weighted by Gasteiger charge is -2.25. The van der Waals surface area contributed by atoms with Gasteiger partial charge in [-0.2, -0.15) is 13.2 Å². The minimum atomic E-state index is -4.51. The van der Waals surface area contributed by atoms with E-state index < -0.39 is 34.2 Å². The number of benzene rings is 3. The van der Waals surface area contributed by atoms with E-state index in [9.17, 15) is 26.4 Å². The Labute approximate surface area is 196 Å². The number of sulfonamides is 1. The van der Waals surface area contributed by atoms with Gasteiger partial charge < -0.3 is 10.1 Å². The Morgan fingerprint density at radius 2 is 1.53 bits per heavy atom. The molecule has 0 aliphatic carbocycles.